The Balaban J connectivity index is 1.49. The second kappa shape index (κ2) is 9.91. The van der Waals surface area contributed by atoms with Gasteiger partial charge in [0.05, 0.1) is 37.6 Å². The molecule has 0 aliphatic rings. The maximum Gasteiger partial charge on any atom is 0.261 e. The number of methoxy groups -OCH3 is 2. The van der Waals surface area contributed by atoms with Crippen molar-refractivity contribution in [1.29, 1.82) is 0 Å². The third-order valence-corrected chi connectivity index (χ3v) is 4.78. The first-order valence-electron chi connectivity index (χ1n) is 9.88. The van der Waals surface area contributed by atoms with Crippen molar-refractivity contribution < 1.29 is 14.3 Å². The Hall–Kier alpha value is -3.36. The molecule has 0 bridgehead atoms. The number of rotatable bonds is 10. The first-order valence-corrected chi connectivity index (χ1v) is 9.88. The number of fused-ring (bicyclic) bond motifs is 1. The van der Waals surface area contributed by atoms with E-state index < -0.39 is 0 Å². The quantitative estimate of drug-likeness (QED) is 0.510. The molecule has 3 aromatic rings. The fraction of sp³-hybridized carbons (Fsp3) is 0.429. The van der Waals surface area contributed by atoms with Crippen molar-refractivity contribution in [3.63, 3.8) is 0 Å². The van der Waals surface area contributed by atoms with E-state index >= 15 is 0 Å². The van der Waals surface area contributed by atoms with Crippen LogP contribution in [0.3, 0.4) is 0 Å². The number of hydrogen-bond acceptors (Lipinski definition) is 6. The number of aromatic nitrogens is 4. The molecular weight excluding hydrogens is 386 g/mol. The lowest BCUT2D eigenvalue weighted by Crippen LogP contribution is -2.26. The highest BCUT2D eigenvalue weighted by atomic mass is 16.5. The lowest BCUT2D eigenvalue weighted by Gasteiger charge is -2.10. The Morgan fingerprint density at radius 1 is 1.13 bits per heavy atom. The SMILES string of the molecule is COc1cc2ncn(CCCC(=O)NCCCn3cc(C)cn3)c(=O)c2cc1OC. The van der Waals surface area contributed by atoms with Gasteiger partial charge < -0.3 is 14.8 Å². The largest absolute Gasteiger partial charge is 0.493 e. The van der Waals surface area contributed by atoms with Crippen LogP contribution in [0, 0.1) is 6.92 Å². The van der Waals surface area contributed by atoms with Crippen LogP contribution < -0.4 is 20.3 Å². The van der Waals surface area contributed by atoms with E-state index in [4.69, 9.17) is 9.47 Å². The minimum Gasteiger partial charge on any atom is -0.493 e. The summed E-state index contributed by atoms with van der Waals surface area (Å²) in [5, 5.41) is 7.57. The predicted molar refractivity (Wildman–Crippen MR) is 113 cm³/mol. The molecule has 0 fully saturated rings. The van der Waals surface area contributed by atoms with Crippen LogP contribution in [0.25, 0.3) is 10.9 Å². The predicted octanol–water partition coefficient (Wildman–Crippen LogP) is 1.91. The van der Waals surface area contributed by atoms with Crippen LogP contribution in [0.15, 0.2) is 35.6 Å². The van der Waals surface area contributed by atoms with Gasteiger partial charge in [-0.25, -0.2) is 4.98 Å². The molecule has 1 N–H and O–H groups in total. The molecule has 0 radical (unpaired) electrons. The van der Waals surface area contributed by atoms with E-state index in [0.717, 1.165) is 18.5 Å². The molecule has 0 saturated heterocycles. The number of carbonyl (C=O) groups excluding carboxylic acids is 1. The Bertz CT molecular complexity index is 1070. The highest BCUT2D eigenvalue weighted by molar-refractivity contribution is 5.81. The van der Waals surface area contributed by atoms with Crippen molar-refractivity contribution in [1.82, 2.24) is 24.6 Å². The summed E-state index contributed by atoms with van der Waals surface area (Å²) in [6, 6.07) is 3.31. The number of ether oxygens (including phenoxy) is 2. The third-order valence-electron chi connectivity index (χ3n) is 4.78. The standard InChI is InChI=1S/C21H27N5O4/c1-15-12-24-26(13-15)9-5-7-22-20(27)6-4-8-25-14-23-17-11-19(30-3)18(29-2)10-16(17)21(25)28/h10-14H,4-9H2,1-3H3,(H,22,27). The number of nitrogens with one attached hydrogen (secondary N) is 1. The number of aryl methyl sites for hydroxylation is 3. The lowest BCUT2D eigenvalue weighted by atomic mass is 10.2. The average Bonchev–Trinajstić information content (AvgIpc) is 3.17. The topological polar surface area (TPSA) is 100 Å². The van der Waals surface area contributed by atoms with Crippen molar-refractivity contribution in [2.45, 2.75) is 39.3 Å². The molecule has 2 aromatic heterocycles. The first-order chi connectivity index (χ1) is 14.5. The Kier molecular flexibility index (Phi) is 7.05. The zero-order valence-electron chi connectivity index (χ0n) is 17.6. The summed E-state index contributed by atoms with van der Waals surface area (Å²) in [6.07, 6.45) is 6.99. The Morgan fingerprint density at radius 2 is 1.90 bits per heavy atom. The molecule has 2 heterocycles. The molecule has 1 amide bonds. The van der Waals surface area contributed by atoms with Crippen LogP contribution >= 0.6 is 0 Å². The van der Waals surface area contributed by atoms with Gasteiger partial charge in [0, 0.05) is 38.3 Å². The van der Waals surface area contributed by atoms with Gasteiger partial charge in [-0.3, -0.25) is 18.8 Å². The fourth-order valence-corrected chi connectivity index (χ4v) is 3.20. The average molecular weight is 413 g/mol. The van der Waals surface area contributed by atoms with Crippen molar-refractivity contribution in [2.24, 2.45) is 0 Å². The second-order valence-electron chi connectivity index (χ2n) is 7.06. The van der Waals surface area contributed by atoms with Crippen LogP contribution in [0.4, 0.5) is 0 Å². The Morgan fingerprint density at radius 3 is 2.60 bits per heavy atom. The maximum atomic E-state index is 12.7. The van der Waals surface area contributed by atoms with E-state index in [1.165, 1.54) is 25.1 Å². The van der Waals surface area contributed by atoms with Crippen LogP contribution in [0.5, 0.6) is 11.5 Å². The van der Waals surface area contributed by atoms with E-state index in [-0.39, 0.29) is 11.5 Å². The second-order valence-corrected chi connectivity index (χ2v) is 7.06. The molecule has 3 rings (SSSR count). The van der Waals surface area contributed by atoms with Crippen LogP contribution in [-0.4, -0.2) is 46.0 Å². The van der Waals surface area contributed by atoms with Crippen LogP contribution in [0.2, 0.25) is 0 Å². The van der Waals surface area contributed by atoms with Crippen molar-refractivity contribution >= 4 is 16.8 Å². The third kappa shape index (κ3) is 5.16. The maximum absolute atomic E-state index is 12.7. The summed E-state index contributed by atoms with van der Waals surface area (Å²) in [5.41, 5.74) is 1.49. The molecule has 9 heteroatoms. The summed E-state index contributed by atoms with van der Waals surface area (Å²) < 4.78 is 13.9. The summed E-state index contributed by atoms with van der Waals surface area (Å²) in [5.74, 6) is 0.972. The van der Waals surface area contributed by atoms with Gasteiger partial charge in [-0.2, -0.15) is 5.10 Å². The normalized spacial score (nSPS) is 10.9. The zero-order valence-corrected chi connectivity index (χ0v) is 17.6. The van der Waals surface area contributed by atoms with Crippen molar-refractivity contribution in [2.75, 3.05) is 20.8 Å². The van der Waals surface area contributed by atoms with Gasteiger partial charge in [0.1, 0.15) is 0 Å². The number of benzene rings is 1. The summed E-state index contributed by atoms with van der Waals surface area (Å²) >= 11 is 0. The molecule has 0 unspecified atom stereocenters. The summed E-state index contributed by atoms with van der Waals surface area (Å²) in [4.78, 5) is 29.1. The Labute approximate surface area is 174 Å². The van der Waals surface area contributed by atoms with E-state index in [1.54, 1.807) is 12.1 Å². The number of hydrogen-bond donors (Lipinski definition) is 1. The summed E-state index contributed by atoms with van der Waals surface area (Å²) in [6.45, 7) is 3.77. The van der Waals surface area contributed by atoms with E-state index in [2.05, 4.69) is 15.4 Å². The highest BCUT2D eigenvalue weighted by Crippen LogP contribution is 2.29. The molecule has 1 aromatic carbocycles. The number of carbonyl (C=O) groups is 1. The summed E-state index contributed by atoms with van der Waals surface area (Å²) in [7, 11) is 3.06. The molecule has 30 heavy (non-hydrogen) atoms. The van der Waals surface area contributed by atoms with Crippen molar-refractivity contribution in [3.05, 3.63) is 46.8 Å². The number of amides is 1. The van der Waals surface area contributed by atoms with Gasteiger partial charge in [-0.1, -0.05) is 0 Å². The van der Waals surface area contributed by atoms with Gasteiger partial charge >= 0.3 is 0 Å². The first kappa shape index (κ1) is 21.4. The highest BCUT2D eigenvalue weighted by Gasteiger charge is 2.11. The molecule has 0 aliphatic heterocycles. The van der Waals surface area contributed by atoms with E-state index in [0.29, 0.717) is 48.3 Å². The molecule has 160 valence electrons. The molecule has 0 aliphatic carbocycles. The van der Waals surface area contributed by atoms with Gasteiger partial charge in [-0.05, 0) is 31.4 Å². The molecular formula is C21H27N5O4. The minimum atomic E-state index is -0.170. The van der Waals surface area contributed by atoms with E-state index in [9.17, 15) is 9.59 Å². The van der Waals surface area contributed by atoms with Crippen molar-refractivity contribution in [3.8, 4) is 11.5 Å². The van der Waals surface area contributed by atoms with Gasteiger partial charge in [0.2, 0.25) is 5.91 Å². The molecule has 0 atom stereocenters. The van der Waals surface area contributed by atoms with Gasteiger partial charge in [0.25, 0.3) is 5.56 Å². The monoisotopic (exact) mass is 413 g/mol. The van der Waals surface area contributed by atoms with Crippen LogP contribution in [-0.2, 0) is 17.9 Å². The molecule has 9 nitrogen and oxygen atoms in total. The number of nitrogens with zero attached hydrogens (tertiary/aromatic N) is 4. The smallest absolute Gasteiger partial charge is 0.261 e. The molecule has 0 saturated carbocycles. The lowest BCUT2D eigenvalue weighted by molar-refractivity contribution is -0.121. The molecule has 0 spiro atoms. The zero-order chi connectivity index (χ0) is 21.5. The minimum absolute atomic E-state index is 0.0279. The van der Waals surface area contributed by atoms with Gasteiger partial charge in [0.15, 0.2) is 11.5 Å². The van der Waals surface area contributed by atoms with Crippen LogP contribution in [0.1, 0.15) is 24.8 Å². The van der Waals surface area contributed by atoms with E-state index in [1.807, 2.05) is 24.0 Å². The fourth-order valence-electron chi connectivity index (χ4n) is 3.20. The van der Waals surface area contributed by atoms with Gasteiger partial charge in [-0.15, -0.1) is 0 Å².